The molecular weight excluding hydrogens is 590 g/mol. The predicted molar refractivity (Wildman–Crippen MR) is 206 cm³/mol. The Kier molecular flexibility index (Phi) is 24.5. The lowest BCUT2D eigenvalue weighted by Crippen LogP contribution is -2.46. The molecule has 4 fully saturated rings. The van der Waals surface area contributed by atoms with Crippen LogP contribution in [0.25, 0.3) is 0 Å². The van der Waals surface area contributed by atoms with E-state index in [0.29, 0.717) is 5.78 Å². The molecule has 7 unspecified atom stereocenters. The molecule has 4 aliphatic carbocycles. The van der Waals surface area contributed by atoms with Gasteiger partial charge in [0, 0.05) is 13.0 Å². The summed E-state index contributed by atoms with van der Waals surface area (Å²) in [5.74, 6) is 6.20. The minimum Gasteiger partial charge on any atom is -0.446 e. The highest BCUT2D eigenvalue weighted by atomic mass is 16.6. The molecule has 48 heavy (non-hydrogen) atoms. The van der Waals surface area contributed by atoms with Gasteiger partial charge in [0.15, 0.2) is 0 Å². The van der Waals surface area contributed by atoms with Gasteiger partial charge in [-0.05, 0) is 132 Å². The number of allylic oxidation sites excluding steroid dienone is 2. The number of ether oxygens (including phenoxy) is 1. The van der Waals surface area contributed by atoms with E-state index >= 15 is 0 Å². The van der Waals surface area contributed by atoms with Crippen LogP contribution in [0.5, 0.6) is 0 Å². The van der Waals surface area contributed by atoms with E-state index in [4.69, 9.17) is 4.74 Å². The number of fused-ring (bicyclic) bond motifs is 5. The highest BCUT2D eigenvalue weighted by Crippen LogP contribution is 2.58. The lowest BCUT2D eigenvalue weighted by molar-refractivity contribution is -0.117. The van der Waals surface area contributed by atoms with E-state index in [2.05, 4.69) is 31.3 Å². The molecule has 4 heteroatoms. The highest BCUT2D eigenvalue weighted by molar-refractivity contribution is 5.75. The van der Waals surface area contributed by atoms with E-state index in [1.807, 2.05) is 13.8 Å². The molecule has 0 radical (unpaired) electrons. The van der Waals surface area contributed by atoms with E-state index in [1.165, 1.54) is 135 Å². The molecule has 0 aliphatic heterocycles. The molecule has 1 amide bonds. The maximum absolute atomic E-state index is 12.4. The van der Waals surface area contributed by atoms with Crippen LogP contribution < -0.4 is 5.32 Å². The Labute approximate surface area is 299 Å². The van der Waals surface area contributed by atoms with Crippen LogP contribution in [0.4, 0.5) is 4.79 Å². The third kappa shape index (κ3) is 17.1. The molecule has 0 aromatic carbocycles. The summed E-state index contributed by atoms with van der Waals surface area (Å²) in [6.07, 6.45) is 40.1. The Morgan fingerprint density at radius 2 is 1.15 bits per heavy atom. The summed E-state index contributed by atoms with van der Waals surface area (Å²) in [4.78, 5) is 22.6. The van der Waals surface area contributed by atoms with Crippen molar-refractivity contribution in [1.82, 2.24) is 5.32 Å². The lowest BCUT2D eigenvalue weighted by atomic mass is 9.53. The van der Waals surface area contributed by atoms with Crippen molar-refractivity contribution in [2.45, 2.75) is 214 Å². The Morgan fingerprint density at radius 1 is 0.604 bits per heavy atom. The van der Waals surface area contributed by atoms with Crippen molar-refractivity contribution in [3.05, 3.63) is 12.2 Å². The number of carbonyl (C=O) groups excluding carboxylic acids is 2. The molecule has 0 aromatic rings. The molecule has 4 saturated carbocycles. The van der Waals surface area contributed by atoms with E-state index in [-0.39, 0.29) is 12.2 Å². The zero-order valence-corrected chi connectivity index (χ0v) is 32.7. The van der Waals surface area contributed by atoms with Crippen LogP contribution >= 0.6 is 0 Å². The average molecular weight is 672 g/mol. The first-order chi connectivity index (χ1) is 23.5. The summed E-state index contributed by atoms with van der Waals surface area (Å²) in [7, 11) is 0. The summed E-state index contributed by atoms with van der Waals surface area (Å²) < 4.78 is 5.92. The number of alkyl carbamates (subject to hydrolysis) is 1. The molecule has 0 bridgehead atoms. The van der Waals surface area contributed by atoms with Gasteiger partial charge in [0.25, 0.3) is 0 Å². The summed E-state index contributed by atoms with van der Waals surface area (Å²) in [6.45, 7) is 10.8. The normalized spacial score (nSPS) is 27.4. The van der Waals surface area contributed by atoms with Gasteiger partial charge in [-0.25, -0.2) is 4.79 Å². The smallest absolute Gasteiger partial charge is 0.407 e. The predicted octanol–water partition coefficient (Wildman–Crippen LogP) is 13.6. The number of Topliss-reactive ketones (excluding diaryl/α,β-unsaturated/α-hetero) is 1. The van der Waals surface area contributed by atoms with E-state index < -0.39 is 0 Å². The first-order valence-electron chi connectivity index (χ1n) is 21.6. The number of ketones is 1. The number of hydrogen-bond acceptors (Lipinski definition) is 3. The Balaban J connectivity index is 0.000000790. The topological polar surface area (TPSA) is 55.4 Å². The highest BCUT2D eigenvalue weighted by Gasteiger charge is 2.49. The van der Waals surface area contributed by atoms with E-state index in [9.17, 15) is 9.59 Å². The molecule has 7 atom stereocenters. The monoisotopic (exact) mass is 672 g/mol. The van der Waals surface area contributed by atoms with Crippen LogP contribution in [0.3, 0.4) is 0 Å². The van der Waals surface area contributed by atoms with Crippen LogP contribution in [0.2, 0.25) is 0 Å². The number of amides is 1. The SMILES string of the molecule is CC.CCCCC(C)=O.CCCCCCCC/C=C\CCCCCCCCNC(=O)OC1CCC2C(CCC3C4CCCC4CCC23)C1. The third-order valence-corrected chi connectivity index (χ3v) is 12.2. The molecule has 280 valence electrons. The van der Waals surface area contributed by atoms with Gasteiger partial charge in [0.05, 0.1) is 0 Å². The molecule has 4 nitrogen and oxygen atoms in total. The average Bonchev–Trinajstić information content (AvgIpc) is 3.59. The van der Waals surface area contributed by atoms with Gasteiger partial charge in [0.1, 0.15) is 11.9 Å². The second kappa shape index (κ2) is 27.4. The molecule has 4 rings (SSSR count). The first kappa shape index (κ1) is 42.8. The number of carbonyl (C=O) groups is 2. The van der Waals surface area contributed by atoms with Crippen LogP contribution in [-0.2, 0) is 9.53 Å². The van der Waals surface area contributed by atoms with Gasteiger partial charge in [-0.3, -0.25) is 0 Å². The fourth-order valence-corrected chi connectivity index (χ4v) is 9.72. The summed E-state index contributed by atoms with van der Waals surface area (Å²) >= 11 is 0. The van der Waals surface area contributed by atoms with Gasteiger partial charge in [-0.2, -0.15) is 0 Å². The number of rotatable bonds is 20. The number of hydrogen-bond donors (Lipinski definition) is 1. The zero-order chi connectivity index (χ0) is 34.8. The Hall–Kier alpha value is -1.32. The Morgan fingerprint density at radius 3 is 1.75 bits per heavy atom. The van der Waals surface area contributed by atoms with Gasteiger partial charge in [-0.1, -0.05) is 117 Å². The van der Waals surface area contributed by atoms with Crippen molar-refractivity contribution in [3.63, 3.8) is 0 Å². The summed E-state index contributed by atoms with van der Waals surface area (Å²) in [6, 6.07) is 0. The van der Waals surface area contributed by atoms with Crippen LogP contribution in [0.15, 0.2) is 12.2 Å². The lowest BCUT2D eigenvalue weighted by Gasteiger charge is -2.52. The number of unbranched alkanes of at least 4 members (excludes halogenated alkanes) is 13. The molecule has 4 aliphatic rings. The molecule has 0 saturated heterocycles. The zero-order valence-electron chi connectivity index (χ0n) is 32.7. The minimum atomic E-state index is -0.161. The number of nitrogens with one attached hydrogen (secondary N) is 1. The fourth-order valence-electron chi connectivity index (χ4n) is 9.72. The van der Waals surface area contributed by atoms with Crippen molar-refractivity contribution in [1.29, 1.82) is 0 Å². The van der Waals surface area contributed by atoms with Crippen molar-refractivity contribution in [3.8, 4) is 0 Å². The second-order valence-electron chi connectivity index (χ2n) is 15.8. The van der Waals surface area contributed by atoms with Gasteiger partial charge in [-0.15, -0.1) is 0 Å². The van der Waals surface area contributed by atoms with E-state index in [1.54, 1.807) is 6.92 Å². The van der Waals surface area contributed by atoms with E-state index in [0.717, 1.165) is 80.6 Å². The van der Waals surface area contributed by atoms with Crippen molar-refractivity contribution < 1.29 is 14.3 Å². The van der Waals surface area contributed by atoms with Crippen molar-refractivity contribution in [2.75, 3.05) is 6.54 Å². The Bertz CT molecular complexity index is 839. The standard InChI is InChI=1S/C36H63NO2.C6H12O.C2H6/c1-2-3-4-5-6-7-8-9-10-11-12-13-14-15-16-17-27-37-36(38)39-31-23-26-33-30(28-31)22-25-34-32-20-18-19-29(32)21-24-35(33)34;1-3-4-5-6(2)7;1-2/h9-10,29-35H,2-8,11-28H2,1H3,(H,37,38);3-5H2,1-2H3;1-2H3/b10-9-;;. The van der Waals surface area contributed by atoms with Crippen molar-refractivity contribution >= 4 is 11.9 Å². The fraction of sp³-hybridized carbons (Fsp3) is 0.909. The molecule has 0 aromatic heterocycles. The van der Waals surface area contributed by atoms with Crippen LogP contribution in [0.1, 0.15) is 208 Å². The molecule has 0 spiro atoms. The maximum Gasteiger partial charge on any atom is 0.407 e. The molecule has 1 N–H and O–H groups in total. The van der Waals surface area contributed by atoms with Crippen LogP contribution in [-0.4, -0.2) is 24.5 Å². The maximum atomic E-state index is 12.4. The third-order valence-electron chi connectivity index (χ3n) is 12.2. The molecular formula is C44H81NO3. The largest absolute Gasteiger partial charge is 0.446 e. The van der Waals surface area contributed by atoms with Gasteiger partial charge >= 0.3 is 6.09 Å². The first-order valence-corrected chi connectivity index (χ1v) is 21.6. The summed E-state index contributed by atoms with van der Waals surface area (Å²) in [5.41, 5.74) is 0. The van der Waals surface area contributed by atoms with Gasteiger partial charge < -0.3 is 14.8 Å². The minimum absolute atomic E-state index is 0.158. The molecule has 0 heterocycles. The van der Waals surface area contributed by atoms with Crippen LogP contribution in [0, 0.1) is 35.5 Å². The second-order valence-corrected chi connectivity index (χ2v) is 15.8. The van der Waals surface area contributed by atoms with Crippen molar-refractivity contribution in [2.24, 2.45) is 35.5 Å². The summed E-state index contributed by atoms with van der Waals surface area (Å²) in [5, 5.41) is 3.05. The van der Waals surface area contributed by atoms with Gasteiger partial charge in [0.2, 0.25) is 0 Å². The quantitative estimate of drug-likeness (QED) is 0.103.